The molecule has 1 rings (SSSR count). The summed E-state index contributed by atoms with van der Waals surface area (Å²) in [5.74, 6) is 0.870. The van der Waals surface area contributed by atoms with Crippen molar-refractivity contribution in [1.82, 2.24) is 5.32 Å². The van der Waals surface area contributed by atoms with E-state index in [1.165, 1.54) is 0 Å². The minimum absolute atomic E-state index is 0.0463. The van der Waals surface area contributed by atoms with Gasteiger partial charge < -0.3 is 15.8 Å². The Bertz CT molecular complexity index is 472. The summed E-state index contributed by atoms with van der Waals surface area (Å²) in [6.45, 7) is 6.54. The molecule has 1 aromatic carbocycles. The molecule has 1 atom stereocenters. The maximum Gasteiger partial charge on any atom is 0.226 e. The van der Waals surface area contributed by atoms with Gasteiger partial charge in [0.1, 0.15) is 5.75 Å². The third-order valence-corrected chi connectivity index (χ3v) is 3.97. The van der Waals surface area contributed by atoms with Crippen molar-refractivity contribution >= 4 is 5.91 Å². The minimum atomic E-state index is -0.506. The second-order valence-electron chi connectivity index (χ2n) is 6.42. The Morgan fingerprint density at radius 2 is 2.05 bits per heavy atom. The summed E-state index contributed by atoms with van der Waals surface area (Å²) in [6, 6.07) is 7.89. The van der Waals surface area contributed by atoms with Gasteiger partial charge in [0, 0.05) is 18.0 Å². The van der Waals surface area contributed by atoms with Crippen molar-refractivity contribution in [3.8, 4) is 5.75 Å². The summed E-state index contributed by atoms with van der Waals surface area (Å²) in [4.78, 5) is 12.6. The van der Waals surface area contributed by atoms with Gasteiger partial charge >= 0.3 is 0 Å². The van der Waals surface area contributed by atoms with Crippen LogP contribution in [-0.4, -0.2) is 25.6 Å². The lowest BCUT2D eigenvalue weighted by molar-refractivity contribution is -0.130. The Morgan fingerprint density at radius 1 is 1.36 bits per heavy atom. The molecule has 0 aromatic heterocycles. The number of nitrogens with two attached hydrogens (primary N) is 1. The van der Waals surface area contributed by atoms with Crippen LogP contribution in [-0.2, 0) is 11.2 Å². The summed E-state index contributed by atoms with van der Waals surface area (Å²) in [7, 11) is 1.65. The minimum Gasteiger partial charge on any atom is -0.496 e. The van der Waals surface area contributed by atoms with Crippen LogP contribution in [0.1, 0.15) is 45.6 Å². The van der Waals surface area contributed by atoms with Crippen molar-refractivity contribution in [2.75, 3.05) is 13.7 Å². The molecule has 1 amide bonds. The molecule has 4 nitrogen and oxygen atoms in total. The van der Waals surface area contributed by atoms with E-state index in [0.29, 0.717) is 13.0 Å². The lowest BCUT2D eigenvalue weighted by atomic mass is 9.84. The van der Waals surface area contributed by atoms with Crippen LogP contribution in [0.4, 0.5) is 0 Å². The van der Waals surface area contributed by atoms with Crippen LogP contribution in [0.5, 0.6) is 5.75 Å². The van der Waals surface area contributed by atoms with Crippen LogP contribution in [0.15, 0.2) is 24.3 Å². The third-order valence-electron chi connectivity index (χ3n) is 3.97. The topological polar surface area (TPSA) is 64.3 Å². The Hall–Kier alpha value is -1.55. The number of amides is 1. The predicted molar refractivity (Wildman–Crippen MR) is 91.0 cm³/mol. The van der Waals surface area contributed by atoms with Gasteiger partial charge in [-0.15, -0.1) is 0 Å². The van der Waals surface area contributed by atoms with Gasteiger partial charge in [-0.1, -0.05) is 51.8 Å². The van der Waals surface area contributed by atoms with E-state index in [9.17, 15) is 4.79 Å². The molecule has 0 saturated carbocycles. The molecule has 0 bridgehead atoms. The maximum absolute atomic E-state index is 12.6. The zero-order valence-electron chi connectivity index (χ0n) is 14.3. The van der Waals surface area contributed by atoms with Crippen molar-refractivity contribution in [2.45, 2.75) is 52.5 Å². The molecule has 0 saturated heterocycles. The van der Waals surface area contributed by atoms with E-state index in [1.54, 1.807) is 7.11 Å². The molecule has 1 aromatic rings. The number of benzene rings is 1. The normalized spacial score (nSPS) is 12.8. The van der Waals surface area contributed by atoms with Crippen LogP contribution in [0.2, 0.25) is 0 Å². The van der Waals surface area contributed by atoms with Gasteiger partial charge in [0.05, 0.1) is 7.11 Å². The third kappa shape index (κ3) is 5.34. The number of rotatable bonds is 9. The molecule has 4 heteroatoms. The summed E-state index contributed by atoms with van der Waals surface area (Å²) in [5, 5.41) is 3.09. The van der Waals surface area contributed by atoms with Gasteiger partial charge in [-0.3, -0.25) is 4.79 Å². The Balaban J connectivity index is 2.73. The molecule has 0 aliphatic carbocycles. The molecule has 0 aliphatic rings. The van der Waals surface area contributed by atoms with E-state index in [2.05, 4.69) is 12.2 Å². The van der Waals surface area contributed by atoms with E-state index in [4.69, 9.17) is 10.5 Å². The highest BCUT2D eigenvalue weighted by molar-refractivity contribution is 5.82. The van der Waals surface area contributed by atoms with Crippen molar-refractivity contribution in [3.63, 3.8) is 0 Å². The first kappa shape index (κ1) is 18.5. The van der Waals surface area contributed by atoms with Crippen LogP contribution >= 0.6 is 0 Å². The molecular formula is C18H30N2O2. The number of unbranched alkanes of at least 4 members (excludes halogenated alkanes) is 1. The van der Waals surface area contributed by atoms with Crippen LogP contribution in [0.3, 0.4) is 0 Å². The number of para-hydroxylation sites is 1. The van der Waals surface area contributed by atoms with E-state index in [1.807, 2.05) is 38.1 Å². The van der Waals surface area contributed by atoms with Gasteiger partial charge in [-0.25, -0.2) is 0 Å². The molecule has 0 heterocycles. The van der Waals surface area contributed by atoms with Crippen molar-refractivity contribution in [3.05, 3.63) is 29.8 Å². The van der Waals surface area contributed by atoms with Gasteiger partial charge in [0.2, 0.25) is 5.91 Å². The highest BCUT2D eigenvalue weighted by atomic mass is 16.5. The van der Waals surface area contributed by atoms with E-state index < -0.39 is 5.41 Å². The van der Waals surface area contributed by atoms with Crippen LogP contribution in [0.25, 0.3) is 0 Å². The fourth-order valence-corrected chi connectivity index (χ4v) is 2.49. The molecule has 0 radical (unpaired) electrons. The lowest BCUT2D eigenvalue weighted by Crippen LogP contribution is -2.46. The van der Waals surface area contributed by atoms with Crippen molar-refractivity contribution in [1.29, 1.82) is 0 Å². The molecule has 3 N–H and O–H groups in total. The fraction of sp³-hybridized carbons (Fsp3) is 0.611. The SMILES string of the molecule is CCCCC(CN)NC(=O)C(C)(C)Cc1ccccc1OC. The van der Waals surface area contributed by atoms with E-state index in [-0.39, 0.29) is 11.9 Å². The molecule has 0 fully saturated rings. The first-order valence-electron chi connectivity index (χ1n) is 8.07. The number of carbonyl (C=O) groups is 1. The average molecular weight is 306 g/mol. The fourth-order valence-electron chi connectivity index (χ4n) is 2.49. The molecule has 1 unspecified atom stereocenters. The number of methoxy groups -OCH3 is 1. The Labute approximate surface area is 134 Å². The maximum atomic E-state index is 12.6. The summed E-state index contributed by atoms with van der Waals surface area (Å²) < 4.78 is 5.37. The van der Waals surface area contributed by atoms with Crippen LogP contribution < -0.4 is 15.8 Å². The quantitative estimate of drug-likeness (QED) is 0.737. The van der Waals surface area contributed by atoms with Gasteiger partial charge in [0.25, 0.3) is 0 Å². The van der Waals surface area contributed by atoms with E-state index in [0.717, 1.165) is 30.6 Å². The zero-order chi connectivity index (χ0) is 16.6. The average Bonchev–Trinajstić information content (AvgIpc) is 2.51. The highest BCUT2D eigenvalue weighted by Crippen LogP contribution is 2.28. The lowest BCUT2D eigenvalue weighted by Gasteiger charge is -2.27. The van der Waals surface area contributed by atoms with E-state index >= 15 is 0 Å². The molecule has 124 valence electrons. The summed E-state index contributed by atoms with van der Waals surface area (Å²) >= 11 is 0. The molecule has 22 heavy (non-hydrogen) atoms. The summed E-state index contributed by atoms with van der Waals surface area (Å²) in [6.07, 6.45) is 3.75. The molecular weight excluding hydrogens is 276 g/mol. The molecule has 0 aliphatic heterocycles. The number of hydrogen-bond acceptors (Lipinski definition) is 3. The van der Waals surface area contributed by atoms with Crippen molar-refractivity contribution in [2.24, 2.45) is 11.1 Å². The van der Waals surface area contributed by atoms with Gasteiger partial charge in [0.15, 0.2) is 0 Å². The number of carbonyl (C=O) groups excluding carboxylic acids is 1. The Kier molecular flexibility index (Phi) is 7.39. The monoisotopic (exact) mass is 306 g/mol. The Morgan fingerprint density at radius 3 is 2.64 bits per heavy atom. The first-order valence-corrected chi connectivity index (χ1v) is 8.07. The number of ether oxygens (including phenoxy) is 1. The second kappa shape index (κ2) is 8.79. The largest absolute Gasteiger partial charge is 0.496 e. The smallest absolute Gasteiger partial charge is 0.226 e. The summed E-state index contributed by atoms with van der Waals surface area (Å²) in [5.41, 5.74) is 6.31. The first-order chi connectivity index (χ1) is 10.4. The van der Waals surface area contributed by atoms with Gasteiger partial charge in [-0.2, -0.15) is 0 Å². The predicted octanol–water partition coefficient (Wildman–Crippen LogP) is 2.90. The van der Waals surface area contributed by atoms with Crippen LogP contribution in [0, 0.1) is 5.41 Å². The zero-order valence-corrected chi connectivity index (χ0v) is 14.3. The second-order valence-corrected chi connectivity index (χ2v) is 6.42. The highest BCUT2D eigenvalue weighted by Gasteiger charge is 2.30. The number of hydrogen-bond donors (Lipinski definition) is 2. The molecule has 0 spiro atoms. The standard InChI is InChI=1S/C18H30N2O2/c1-5-6-10-15(13-19)20-17(21)18(2,3)12-14-9-7-8-11-16(14)22-4/h7-9,11,15H,5-6,10,12-13,19H2,1-4H3,(H,20,21). The number of nitrogens with one attached hydrogen (secondary N) is 1. The van der Waals surface area contributed by atoms with Gasteiger partial charge in [-0.05, 0) is 24.5 Å². The van der Waals surface area contributed by atoms with Crippen molar-refractivity contribution < 1.29 is 9.53 Å².